The number of ether oxygens (including phenoxy) is 1. The van der Waals surface area contributed by atoms with E-state index in [0.717, 1.165) is 11.3 Å². The number of carbonyl (C=O) groups excluding carboxylic acids is 2. The molecule has 0 aliphatic carbocycles. The number of benzene rings is 1. The molecule has 2 atom stereocenters. The van der Waals surface area contributed by atoms with E-state index in [1.54, 1.807) is 19.1 Å². The smallest absolute Gasteiger partial charge is 0.261 e. The SMILES string of the molecule is CCOc1cccc(C(C)NC(=O)C(C)NC(=O)c2cccs2)c1. The van der Waals surface area contributed by atoms with Gasteiger partial charge in [0.2, 0.25) is 5.91 Å². The van der Waals surface area contributed by atoms with E-state index in [1.165, 1.54) is 11.3 Å². The standard InChI is InChI=1S/C18H22N2O3S/c1-4-23-15-8-5-7-14(11-15)12(2)19-17(21)13(3)20-18(22)16-9-6-10-24-16/h5-13H,4H2,1-3H3,(H,19,21)(H,20,22). The molecule has 2 unspecified atom stereocenters. The van der Waals surface area contributed by atoms with Gasteiger partial charge in [-0.25, -0.2) is 0 Å². The summed E-state index contributed by atoms with van der Waals surface area (Å²) in [6.07, 6.45) is 0. The van der Waals surface area contributed by atoms with Gasteiger partial charge in [-0.15, -0.1) is 11.3 Å². The molecule has 2 amide bonds. The van der Waals surface area contributed by atoms with Crippen molar-refractivity contribution >= 4 is 23.2 Å². The van der Waals surface area contributed by atoms with Gasteiger partial charge in [0, 0.05) is 0 Å². The second-order valence-electron chi connectivity index (χ2n) is 5.41. The van der Waals surface area contributed by atoms with Crippen LogP contribution < -0.4 is 15.4 Å². The van der Waals surface area contributed by atoms with E-state index >= 15 is 0 Å². The first-order valence-corrected chi connectivity index (χ1v) is 8.76. The second kappa shape index (κ2) is 8.49. The predicted molar refractivity (Wildman–Crippen MR) is 95.4 cm³/mol. The number of hydrogen-bond acceptors (Lipinski definition) is 4. The fourth-order valence-corrected chi connectivity index (χ4v) is 2.83. The van der Waals surface area contributed by atoms with E-state index in [2.05, 4.69) is 10.6 Å². The molecule has 24 heavy (non-hydrogen) atoms. The summed E-state index contributed by atoms with van der Waals surface area (Å²) >= 11 is 1.34. The van der Waals surface area contributed by atoms with E-state index in [9.17, 15) is 9.59 Å². The number of amides is 2. The number of nitrogens with one attached hydrogen (secondary N) is 2. The van der Waals surface area contributed by atoms with Gasteiger partial charge in [0.25, 0.3) is 5.91 Å². The average molecular weight is 346 g/mol. The Bertz CT molecular complexity index is 685. The van der Waals surface area contributed by atoms with Gasteiger partial charge in [0.15, 0.2) is 0 Å². The van der Waals surface area contributed by atoms with Crippen molar-refractivity contribution in [3.63, 3.8) is 0 Å². The average Bonchev–Trinajstić information content (AvgIpc) is 3.10. The summed E-state index contributed by atoms with van der Waals surface area (Å²) in [7, 11) is 0. The number of thiophene rings is 1. The first kappa shape index (κ1) is 18.0. The highest BCUT2D eigenvalue weighted by molar-refractivity contribution is 7.12. The highest BCUT2D eigenvalue weighted by atomic mass is 32.1. The minimum absolute atomic E-state index is 0.181. The highest BCUT2D eigenvalue weighted by Crippen LogP contribution is 2.19. The lowest BCUT2D eigenvalue weighted by molar-refractivity contribution is -0.123. The van der Waals surface area contributed by atoms with Crippen molar-refractivity contribution in [1.82, 2.24) is 10.6 Å². The number of hydrogen-bond donors (Lipinski definition) is 2. The van der Waals surface area contributed by atoms with Crippen molar-refractivity contribution in [3.8, 4) is 5.75 Å². The predicted octanol–water partition coefficient (Wildman–Crippen LogP) is 3.14. The summed E-state index contributed by atoms with van der Waals surface area (Å²) in [5.74, 6) is 0.308. The van der Waals surface area contributed by atoms with Crippen molar-refractivity contribution in [2.75, 3.05) is 6.61 Å². The van der Waals surface area contributed by atoms with Crippen molar-refractivity contribution in [1.29, 1.82) is 0 Å². The summed E-state index contributed by atoms with van der Waals surface area (Å²) in [4.78, 5) is 24.9. The lowest BCUT2D eigenvalue weighted by Gasteiger charge is -2.19. The molecule has 2 rings (SSSR count). The third kappa shape index (κ3) is 4.83. The molecule has 0 aliphatic rings. The zero-order valence-electron chi connectivity index (χ0n) is 14.0. The Morgan fingerprint density at radius 2 is 1.96 bits per heavy atom. The molecule has 1 aromatic heterocycles. The minimum Gasteiger partial charge on any atom is -0.494 e. The number of carbonyl (C=O) groups is 2. The van der Waals surface area contributed by atoms with Gasteiger partial charge in [-0.3, -0.25) is 9.59 Å². The third-order valence-corrected chi connectivity index (χ3v) is 4.38. The maximum atomic E-state index is 12.3. The molecule has 2 N–H and O–H groups in total. The largest absolute Gasteiger partial charge is 0.494 e. The first-order valence-electron chi connectivity index (χ1n) is 7.88. The molecule has 0 radical (unpaired) electrons. The normalized spacial score (nSPS) is 13.0. The van der Waals surface area contributed by atoms with Crippen molar-refractivity contribution < 1.29 is 14.3 Å². The van der Waals surface area contributed by atoms with Gasteiger partial charge in [-0.05, 0) is 49.9 Å². The molecule has 0 bridgehead atoms. The zero-order chi connectivity index (χ0) is 17.5. The Hall–Kier alpha value is -2.34. The van der Waals surface area contributed by atoms with E-state index in [0.29, 0.717) is 11.5 Å². The molecule has 1 aromatic carbocycles. The van der Waals surface area contributed by atoms with Crippen molar-refractivity contribution in [3.05, 3.63) is 52.2 Å². The van der Waals surface area contributed by atoms with E-state index in [-0.39, 0.29) is 17.9 Å². The molecule has 0 fully saturated rings. The van der Waals surface area contributed by atoms with Crippen LogP contribution in [0.1, 0.15) is 42.0 Å². The van der Waals surface area contributed by atoms with E-state index in [1.807, 2.05) is 43.5 Å². The molecule has 5 nitrogen and oxygen atoms in total. The lowest BCUT2D eigenvalue weighted by atomic mass is 10.1. The Morgan fingerprint density at radius 1 is 1.17 bits per heavy atom. The van der Waals surface area contributed by atoms with Crippen LogP contribution in [0.2, 0.25) is 0 Å². The van der Waals surface area contributed by atoms with Crippen molar-refractivity contribution in [2.45, 2.75) is 32.9 Å². The Morgan fingerprint density at radius 3 is 2.62 bits per heavy atom. The van der Waals surface area contributed by atoms with Crippen molar-refractivity contribution in [2.24, 2.45) is 0 Å². The maximum Gasteiger partial charge on any atom is 0.261 e. The molecule has 2 aromatic rings. The van der Waals surface area contributed by atoms with Crippen LogP contribution in [0.3, 0.4) is 0 Å². The lowest BCUT2D eigenvalue weighted by Crippen LogP contribution is -2.45. The fourth-order valence-electron chi connectivity index (χ4n) is 2.20. The van der Waals surface area contributed by atoms with Crippen LogP contribution in [0.4, 0.5) is 0 Å². The van der Waals surface area contributed by atoms with Crippen LogP contribution in [-0.4, -0.2) is 24.5 Å². The van der Waals surface area contributed by atoms with Gasteiger partial charge in [-0.1, -0.05) is 18.2 Å². The molecule has 0 saturated heterocycles. The maximum absolute atomic E-state index is 12.3. The van der Waals surface area contributed by atoms with Gasteiger partial charge in [-0.2, -0.15) is 0 Å². The van der Waals surface area contributed by atoms with Crippen LogP contribution in [0, 0.1) is 0 Å². The van der Waals surface area contributed by atoms with Gasteiger partial charge in [0.1, 0.15) is 11.8 Å². The minimum atomic E-state index is -0.614. The van der Waals surface area contributed by atoms with Crippen LogP contribution in [0.5, 0.6) is 5.75 Å². The van der Waals surface area contributed by atoms with Gasteiger partial charge >= 0.3 is 0 Å². The van der Waals surface area contributed by atoms with Gasteiger partial charge < -0.3 is 15.4 Å². The molecule has 0 spiro atoms. The van der Waals surface area contributed by atoms with Crippen LogP contribution in [0.25, 0.3) is 0 Å². The van der Waals surface area contributed by atoms with Gasteiger partial charge in [0.05, 0.1) is 17.5 Å². The van der Waals surface area contributed by atoms with Crippen LogP contribution >= 0.6 is 11.3 Å². The molecule has 128 valence electrons. The molecular weight excluding hydrogens is 324 g/mol. The summed E-state index contributed by atoms with van der Waals surface area (Å²) in [5.41, 5.74) is 0.950. The third-order valence-electron chi connectivity index (χ3n) is 3.51. The monoisotopic (exact) mass is 346 g/mol. The second-order valence-corrected chi connectivity index (χ2v) is 6.36. The first-order chi connectivity index (χ1) is 11.5. The number of rotatable bonds is 7. The van der Waals surface area contributed by atoms with Crippen LogP contribution in [-0.2, 0) is 4.79 Å². The quantitative estimate of drug-likeness (QED) is 0.809. The summed E-state index contributed by atoms with van der Waals surface area (Å²) < 4.78 is 5.47. The molecule has 6 heteroatoms. The Kier molecular flexibility index (Phi) is 6.37. The van der Waals surface area contributed by atoms with E-state index < -0.39 is 6.04 Å². The Balaban J connectivity index is 1.93. The summed E-state index contributed by atoms with van der Waals surface area (Å²) in [6.45, 7) is 6.09. The van der Waals surface area contributed by atoms with Crippen LogP contribution in [0.15, 0.2) is 41.8 Å². The topological polar surface area (TPSA) is 67.4 Å². The zero-order valence-corrected chi connectivity index (χ0v) is 14.9. The summed E-state index contributed by atoms with van der Waals surface area (Å²) in [6, 6.07) is 10.3. The highest BCUT2D eigenvalue weighted by Gasteiger charge is 2.19. The molecule has 0 aliphatic heterocycles. The summed E-state index contributed by atoms with van der Waals surface area (Å²) in [5, 5.41) is 7.44. The van der Waals surface area contributed by atoms with E-state index in [4.69, 9.17) is 4.74 Å². The molecular formula is C18H22N2O3S. The molecule has 1 heterocycles. The molecule has 0 saturated carbocycles. The fraction of sp³-hybridized carbons (Fsp3) is 0.333. The Labute approximate surface area is 146 Å².